The van der Waals surface area contributed by atoms with Gasteiger partial charge in [-0.2, -0.15) is 36.6 Å². The van der Waals surface area contributed by atoms with Crippen LogP contribution in [-0.2, 0) is 0 Å². The molecular formula is C18H14F8N2O2. The second-order valence-electron chi connectivity index (χ2n) is 5.88. The van der Waals surface area contributed by atoms with E-state index in [1.54, 1.807) is 24.3 Å². The minimum Gasteiger partial charge on any atom is -0.497 e. The summed E-state index contributed by atoms with van der Waals surface area (Å²) in [7, 11) is 1.49. The molecule has 4 nitrogen and oxygen atoms in total. The van der Waals surface area contributed by atoms with Gasteiger partial charge >= 0.3 is 24.2 Å². The molecule has 0 unspecified atom stereocenters. The number of hydrogen-bond donors (Lipinski definition) is 0. The first-order chi connectivity index (χ1) is 13.9. The summed E-state index contributed by atoms with van der Waals surface area (Å²) in [5.74, 6) is -17.9. The molecule has 0 spiro atoms. The molecule has 2 aromatic carbocycles. The van der Waals surface area contributed by atoms with Crippen LogP contribution in [0.1, 0.15) is 0 Å². The number of halogens is 8. The number of nitrogens with zero attached hydrogens (tertiary/aromatic N) is 2. The van der Waals surface area contributed by atoms with Crippen LogP contribution in [0.5, 0.6) is 11.5 Å². The van der Waals surface area contributed by atoms with Crippen molar-refractivity contribution >= 4 is 11.4 Å². The van der Waals surface area contributed by atoms with Crippen LogP contribution in [0.4, 0.5) is 46.5 Å². The fourth-order valence-corrected chi connectivity index (χ4v) is 2.02. The van der Waals surface area contributed by atoms with Gasteiger partial charge < -0.3 is 9.47 Å². The van der Waals surface area contributed by atoms with Crippen LogP contribution in [0.15, 0.2) is 58.8 Å². The summed E-state index contributed by atoms with van der Waals surface area (Å²) >= 11 is 0. The third-order valence-electron chi connectivity index (χ3n) is 3.76. The monoisotopic (exact) mass is 442 g/mol. The molecule has 164 valence electrons. The minimum absolute atomic E-state index is 0.236. The minimum atomic E-state index is -6.32. The summed E-state index contributed by atoms with van der Waals surface area (Å²) in [5, 5.41) is 7.75. The number of hydrogen-bond acceptors (Lipinski definition) is 4. The Morgan fingerprint density at radius 2 is 1.20 bits per heavy atom. The SMILES string of the molecule is COc1ccc(N=Nc2ccc(OCC(F)(F)C(F)(F)C(F)(F)C(F)F)cc2)cc1. The van der Waals surface area contributed by atoms with Crippen molar-refractivity contribution < 1.29 is 44.6 Å². The summed E-state index contributed by atoms with van der Waals surface area (Å²) in [6, 6.07) is 11.0. The van der Waals surface area contributed by atoms with Crippen molar-refractivity contribution in [3.05, 3.63) is 48.5 Å². The van der Waals surface area contributed by atoms with Gasteiger partial charge in [0.15, 0.2) is 6.61 Å². The van der Waals surface area contributed by atoms with E-state index in [1.807, 2.05) is 0 Å². The van der Waals surface area contributed by atoms with Crippen molar-refractivity contribution in [3.63, 3.8) is 0 Å². The van der Waals surface area contributed by atoms with Gasteiger partial charge in [-0.15, -0.1) is 0 Å². The zero-order chi connectivity index (χ0) is 22.6. The molecule has 12 heteroatoms. The lowest BCUT2D eigenvalue weighted by atomic mass is 10.1. The highest BCUT2D eigenvalue weighted by molar-refractivity contribution is 5.44. The summed E-state index contributed by atoms with van der Waals surface area (Å²) in [5.41, 5.74) is 0.706. The lowest BCUT2D eigenvalue weighted by Crippen LogP contribution is -2.59. The van der Waals surface area contributed by atoms with Crippen LogP contribution < -0.4 is 9.47 Å². The molecule has 0 heterocycles. The van der Waals surface area contributed by atoms with Gasteiger partial charge in [0.05, 0.1) is 18.5 Å². The summed E-state index contributed by atoms with van der Waals surface area (Å²) in [6.45, 7) is -2.24. The molecular weight excluding hydrogens is 428 g/mol. The third kappa shape index (κ3) is 4.97. The highest BCUT2D eigenvalue weighted by Gasteiger charge is 2.75. The van der Waals surface area contributed by atoms with Crippen molar-refractivity contribution in [2.24, 2.45) is 10.2 Å². The molecule has 2 aromatic rings. The van der Waals surface area contributed by atoms with Gasteiger partial charge in [-0.05, 0) is 48.5 Å². The number of alkyl halides is 8. The Morgan fingerprint density at radius 3 is 1.60 bits per heavy atom. The number of azo groups is 1. The Labute approximate surface area is 165 Å². The summed E-state index contributed by atoms with van der Waals surface area (Å²) in [4.78, 5) is 0. The normalized spacial score (nSPS) is 13.1. The Hall–Kier alpha value is -2.92. The topological polar surface area (TPSA) is 43.2 Å². The van der Waals surface area contributed by atoms with Crippen molar-refractivity contribution in [1.82, 2.24) is 0 Å². The maximum atomic E-state index is 13.5. The molecule has 0 aliphatic rings. The van der Waals surface area contributed by atoms with E-state index in [0.29, 0.717) is 11.4 Å². The number of ether oxygens (including phenoxy) is 2. The van der Waals surface area contributed by atoms with E-state index in [0.717, 1.165) is 12.1 Å². The predicted molar refractivity (Wildman–Crippen MR) is 90.0 cm³/mol. The van der Waals surface area contributed by atoms with Crippen LogP contribution in [-0.4, -0.2) is 37.9 Å². The van der Waals surface area contributed by atoms with Crippen molar-refractivity contribution in [2.75, 3.05) is 13.7 Å². The molecule has 0 atom stereocenters. The second kappa shape index (κ2) is 8.84. The Balaban J connectivity index is 2.02. The molecule has 0 fully saturated rings. The molecule has 0 aromatic heterocycles. The van der Waals surface area contributed by atoms with Gasteiger partial charge in [0, 0.05) is 0 Å². The van der Waals surface area contributed by atoms with Gasteiger partial charge in [0.2, 0.25) is 0 Å². The van der Waals surface area contributed by atoms with E-state index >= 15 is 0 Å². The fourth-order valence-electron chi connectivity index (χ4n) is 2.02. The summed E-state index contributed by atoms with van der Waals surface area (Å²) < 4.78 is 112. The highest BCUT2D eigenvalue weighted by atomic mass is 19.4. The van der Waals surface area contributed by atoms with Crippen molar-refractivity contribution in [1.29, 1.82) is 0 Å². The van der Waals surface area contributed by atoms with E-state index in [4.69, 9.17) is 4.74 Å². The Kier molecular flexibility index (Phi) is 6.88. The van der Waals surface area contributed by atoms with Crippen LogP contribution in [0.3, 0.4) is 0 Å². The fraction of sp³-hybridized carbons (Fsp3) is 0.333. The molecule has 30 heavy (non-hydrogen) atoms. The average Bonchev–Trinajstić information content (AvgIpc) is 2.71. The maximum Gasteiger partial charge on any atom is 0.381 e. The zero-order valence-electron chi connectivity index (χ0n) is 15.1. The average molecular weight is 442 g/mol. The van der Waals surface area contributed by atoms with Crippen LogP contribution >= 0.6 is 0 Å². The lowest BCUT2D eigenvalue weighted by molar-refractivity contribution is -0.342. The predicted octanol–water partition coefficient (Wildman–Crippen LogP) is 6.66. The molecule has 0 saturated carbocycles. The number of methoxy groups -OCH3 is 1. The molecule has 0 N–H and O–H groups in total. The molecule has 0 amide bonds. The zero-order valence-corrected chi connectivity index (χ0v) is 15.1. The molecule has 0 aliphatic heterocycles. The first-order valence-electron chi connectivity index (χ1n) is 8.11. The number of benzene rings is 2. The smallest absolute Gasteiger partial charge is 0.381 e. The first kappa shape index (κ1) is 23.4. The lowest BCUT2D eigenvalue weighted by Gasteiger charge is -2.31. The van der Waals surface area contributed by atoms with E-state index in [-0.39, 0.29) is 5.69 Å². The Bertz CT molecular complexity index is 855. The molecule has 2 rings (SSSR count). The quantitative estimate of drug-likeness (QED) is 0.322. The van der Waals surface area contributed by atoms with Gasteiger partial charge in [0.1, 0.15) is 11.5 Å². The van der Waals surface area contributed by atoms with Crippen LogP contribution in [0.2, 0.25) is 0 Å². The highest BCUT2D eigenvalue weighted by Crippen LogP contribution is 2.48. The van der Waals surface area contributed by atoms with Gasteiger partial charge in [-0.1, -0.05) is 0 Å². The van der Waals surface area contributed by atoms with Crippen molar-refractivity contribution in [3.8, 4) is 11.5 Å². The Morgan fingerprint density at radius 1 is 0.767 bits per heavy atom. The number of rotatable bonds is 9. The van der Waals surface area contributed by atoms with Crippen molar-refractivity contribution in [2.45, 2.75) is 24.2 Å². The van der Waals surface area contributed by atoms with Gasteiger partial charge in [-0.25, -0.2) is 8.78 Å². The van der Waals surface area contributed by atoms with E-state index in [2.05, 4.69) is 15.0 Å². The van der Waals surface area contributed by atoms with Crippen LogP contribution in [0, 0.1) is 0 Å². The molecule has 0 radical (unpaired) electrons. The summed E-state index contributed by atoms with van der Waals surface area (Å²) in [6.07, 6.45) is -4.98. The first-order valence-corrected chi connectivity index (χ1v) is 8.11. The second-order valence-corrected chi connectivity index (χ2v) is 5.88. The van der Waals surface area contributed by atoms with Gasteiger partial charge in [-0.3, -0.25) is 0 Å². The van der Waals surface area contributed by atoms with Gasteiger partial charge in [0.25, 0.3) is 0 Å². The maximum absolute atomic E-state index is 13.5. The molecule has 0 bridgehead atoms. The van der Waals surface area contributed by atoms with Crippen LogP contribution in [0.25, 0.3) is 0 Å². The standard InChI is InChI=1S/C18H14F8N2O2/c1-29-13-6-2-11(3-7-13)27-28-12-4-8-14(9-5-12)30-10-16(21,22)18(25,26)17(23,24)15(19)20/h2-9,15H,10H2,1H3. The van der Waals surface area contributed by atoms with E-state index < -0.39 is 36.5 Å². The van der Waals surface area contributed by atoms with E-state index in [1.165, 1.54) is 19.2 Å². The van der Waals surface area contributed by atoms with E-state index in [9.17, 15) is 35.1 Å². The molecule has 0 saturated heterocycles. The third-order valence-corrected chi connectivity index (χ3v) is 3.76. The largest absolute Gasteiger partial charge is 0.497 e. The molecule has 0 aliphatic carbocycles.